The Balaban J connectivity index is 0.00000106. The summed E-state index contributed by atoms with van der Waals surface area (Å²) in [5, 5.41) is 0. The SMILES string of the molecule is CC.COc1ccc(CCC(C)(C)C)cc1. The Morgan fingerprint density at radius 1 is 1.00 bits per heavy atom. The third-order valence-electron chi connectivity index (χ3n) is 2.32. The fourth-order valence-corrected chi connectivity index (χ4v) is 1.31. The quantitative estimate of drug-likeness (QED) is 0.720. The molecule has 0 bridgehead atoms. The van der Waals surface area contributed by atoms with E-state index in [4.69, 9.17) is 4.74 Å². The Kier molecular flexibility index (Phi) is 6.87. The van der Waals surface area contributed by atoms with Gasteiger partial charge >= 0.3 is 0 Å². The van der Waals surface area contributed by atoms with Crippen molar-refractivity contribution in [2.45, 2.75) is 47.5 Å². The average molecular weight is 222 g/mol. The predicted molar refractivity (Wildman–Crippen MR) is 72.1 cm³/mol. The van der Waals surface area contributed by atoms with Crippen molar-refractivity contribution < 1.29 is 4.74 Å². The van der Waals surface area contributed by atoms with Gasteiger partial charge in [0.05, 0.1) is 7.11 Å². The predicted octanol–water partition coefficient (Wildman–Crippen LogP) is 4.70. The number of ether oxygens (including phenoxy) is 1. The van der Waals surface area contributed by atoms with Crippen molar-refractivity contribution in [1.82, 2.24) is 0 Å². The van der Waals surface area contributed by atoms with Gasteiger partial charge in [0, 0.05) is 0 Å². The van der Waals surface area contributed by atoms with Gasteiger partial charge < -0.3 is 4.74 Å². The van der Waals surface area contributed by atoms with Crippen LogP contribution in [-0.2, 0) is 6.42 Å². The lowest BCUT2D eigenvalue weighted by Gasteiger charge is -2.17. The van der Waals surface area contributed by atoms with Crippen LogP contribution in [0.4, 0.5) is 0 Å². The molecule has 0 aromatic heterocycles. The first-order valence-corrected chi connectivity index (χ1v) is 6.14. The fourth-order valence-electron chi connectivity index (χ4n) is 1.31. The van der Waals surface area contributed by atoms with Gasteiger partial charge in [0.25, 0.3) is 0 Å². The normalized spacial score (nSPS) is 10.4. The van der Waals surface area contributed by atoms with Crippen LogP contribution in [0.15, 0.2) is 24.3 Å². The van der Waals surface area contributed by atoms with Crippen LogP contribution in [0.25, 0.3) is 0 Å². The summed E-state index contributed by atoms with van der Waals surface area (Å²) in [6.07, 6.45) is 2.37. The average Bonchev–Trinajstić information content (AvgIpc) is 2.29. The molecular formula is C15H26O. The zero-order valence-corrected chi connectivity index (χ0v) is 11.6. The van der Waals surface area contributed by atoms with E-state index in [-0.39, 0.29) is 0 Å². The van der Waals surface area contributed by atoms with Crippen LogP contribution < -0.4 is 4.74 Å². The van der Waals surface area contributed by atoms with Crippen LogP contribution in [0.3, 0.4) is 0 Å². The third kappa shape index (κ3) is 6.49. The number of hydrogen-bond acceptors (Lipinski definition) is 1. The Morgan fingerprint density at radius 2 is 1.50 bits per heavy atom. The molecule has 0 N–H and O–H groups in total. The molecule has 1 aromatic rings. The summed E-state index contributed by atoms with van der Waals surface area (Å²) in [7, 11) is 1.70. The summed E-state index contributed by atoms with van der Waals surface area (Å²) >= 11 is 0. The van der Waals surface area contributed by atoms with Crippen molar-refractivity contribution in [2.24, 2.45) is 5.41 Å². The summed E-state index contributed by atoms with van der Waals surface area (Å²) in [6, 6.07) is 8.34. The number of hydrogen-bond donors (Lipinski definition) is 0. The van der Waals surface area contributed by atoms with Crippen LogP contribution in [0, 0.1) is 5.41 Å². The molecule has 0 saturated heterocycles. The number of rotatable bonds is 3. The van der Waals surface area contributed by atoms with Gasteiger partial charge in [-0.15, -0.1) is 0 Å². The maximum Gasteiger partial charge on any atom is 0.118 e. The van der Waals surface area contributed by atoms with Crippen molar-refractivity contribution >= 4 is 0 Å². The highest BCUT2D eigenvalue weighted by Gasteiger charge is 2.09. The van der Waals surface area contributed by atoms with E-state index < -0.39 is 0 Å². The minimum absolute atomic E-state index is 0.417. The largest absolute Gasteiger partial charge is 0.497 e. The molecule has 0 saturated carbocycles. The molecule has 0 radical (unpaired) electrons. The number of benzene rings is 1. The first-order chi connectivity index (χ1) is 7.51. The maximum atomic E-state index is 5.11. The van der Waals surface area contributed by atoms with Gasteiger partial charge in [0.2, 0.25) is 0 Å². The number of aryl methyl sites for hydroxylation is 1. The van der Waals surface area contributed by atoms with Crippen LogP contribution in [0.5, 0.6) is 5.75 Å². The molecule has 0 spiro atoms. The second kappa shape index (κ2) is 7.32. The van der Waals surface area contributed by atoms with Crippen molar-refractivity contribution in [3.63, 3.8) is 0 Å². The van der Waals surface area contributed by atoms with E-state index in [1.165, 1.54) is 12.0 Å². The summed E-state index contributed by atoms with van der Waals surface area (Å²) in [5.41, 5.74) is 1.81. The highest BCUT2D eigenvalue weighted by Crippen LogP contribution is 2.22. The molecule has 1 rings (SSSR count). The van der Waals surface area contributed by atoms with Crippen molar-refractivity contribution in [3.8, 4) is 5.75 Å². The van der Waals surface area contributed by atoms with Crippen LogP contribution in [0.2, 0.25) is 0 Å². The molecule has 0 atom stereocenters. The van der Waals surface area contributed by atoms with E-state index >= 15 is 0 Å². The van der Waals surface area contributed by atoms with Crippen LogP contribution in [-0.4, -0.2) is 7.11 Å². The van der Waals surface area contributed by atoms with Crippen LogP contribution in [0.1, 0.15) is 46.6 Å². The molecule has 0 aliphatic carbocycles. The van der Waals surface area contributed by atoms with Gasteiger partial charge in [0.1, 0.15) is 5.75 Å². The van der Waals surface area contributed by atoms with Gasteiger partial charge in [0.15, 0.2) is 0 Å². The molecule has 0 amide bonds. The van der Waals surface area contributed by atoms with E-state index in [1.807, 2.05) is 26.0 Å². The molecule has 0 unspecified atom stereocenters. The standard InChI is InChI=1S/C13H20O.C2H6/c1-13(2,3)10-9-11-5-7-12(14-4)8-6-11;1-2/h5-8H,9-10H2,1-4H3;1-2H3. The van der Waals surface area contributed by atoms with Gasteiger partial charge in [-0.2, -0.15) is 0 Å². The highest BCUT2D eigenvalue weighted by atomic mass is 16.5. The first-order valence-electron chi connectivity index (χ1n) is 6.14. The fraction of sp³-hybridized carbons (Fsp3) is 0.600. The Bertz CT molecular complexity index is 266. The smallest absolute Gasteiger partial charge is 0.118 e. The zero-order valence-electron chi connectivity index (χ0n) is 11.6. The van der Waals surface area contributed by atoms with Gasteiger partial charge in [-0.25, -0.2) is 0 Å². The minimum atomic E-state index is 0.417. The van der Waals surface area contributed by atoms with E-state index in [9.17, 15) is 0 Å². The van der Waals surface area contributed by atoms with Crippen molar-refractivity contribution in [1.29, 1.82) is 0 Å². The van der Waals surface area contributed by atoms with E-state index in [0.29, 0.717) is 5.41 Å². The lowest BCUT2D eigenvalue weighted by Crippen LogP contribution is -2.06. The monoisotopic (exact) mass is 222 g/mol. The van der Waals surface area contributed by atoms with E-state index in [1.54, 1.807) is 7.11 Å². The van der Waals surface area contributed by atoms with Crippen molar-refractivity contribution in [3.05, 3.63) is 29.8 Å². The van der Waals surface area contributed by atoms with Crippen LogP contribution >= 0.6 is 0 Å². The molecule has 1 heteroatoms. The molecular weight excluding hydrogens is 196 g/mol. The number of methoxy groups -OCH3 is 1. The molecule has 0 fully saturated rings. The van der Waals surface area contributed by atoms with E-state index in [0.717, 1.165) is 12.2 Å². The second-order valence-corrected chi connectivity index (χ2v) is 4.91. The maximum absolute atomic E-state index is 5.11. The topological polar surface area (TPSA) is 9.23 Å². The highest BCUT2D eigenvalue weighted by molar-refractivity contribution is 5.27. The lowest BCUT2D eigenvalue weighted by molar-refractivity contribution is 0.378. The molecule has 1 aromatic carbocycles. The zero-order chi connectivity index (χ0) is 12.6. The lowest BCUT2D eigenvalue weighted by atomic mass is 9.89. The third-order valence-corrected chi connectivity index (χ3v) is 2.32. The second-order valence-electron chi connectivity index (χ2n) is 4.91. The summed E-state index contributed by atoms with van der Waals surface area (Å²) in [4.78, 5) is 0. The minimum Gasteiger partial charge on any atom is -0.497 e. The molecule has 16 heavy (non-hydrogen) atoms. The Labute approximate surface area is 101 Å². The van der Waals surface area contributed by atoms with Crippen molar-refractivity contribution in [2.75, 3.05) is 7.11 Å². The molecule has 0 aliphatic rings. The van der Waals surface area contributed by atoms with Gasteiger partial charge in [-0.1, -0.05) is 46.8 Å². The Morgan fingerprint density at radius 3 is 1.88 bits per heavy atom. The molecule has 0 aliphatic heterocycles. The summed E-state index contributed by atoms with van der Waals surface area (Å²) < 4.78 is 5.11. The molecule has 0 heterocycles. The van der Waals surface area contributed by atoms with Gasteiger partial charge in [-0.05, 0) is 36.0 Å². The first kappa shape index (κ1) is 15.0. The van der Waals surface area contributed by atoms with Gasteiger partial charge in [-0.3, -0.25) is 0 Å². The summed E-state index contributed by atoms with van der Waals surface area (Å²) in [6.45, 7) is 10.8. The Hall–Kier alpha value is -0.980. The molecule has 1 nitrogen and oxygen atoms in total. The van der Waals surface area contributed by atoms with E-state index in [2.05, 4.69) is 32.9 Å². The summed E-state index contributed by atoms with van der Waals surface area (Å²) in [5.74, 6) is 0.935. The molecule has 92 valence electrons.